The van der Waals surface area contributed by atoms with Gasteiger partial charge < -0.3 is 0 Å². The van der Waals surface area contributed by atoms with Gasteiger partial charge >= 0.3 is 0 Å². The first kappa shape index (κ1) is 15.2. The summed E-state index contributed by atoms with van der Waals surface area (Å²) in [7, 11) is 0. The first-order chi connectivity index (χ1) is 10.3. The molecule has 0 aliphatic rings. The quantitative estimate of drug-likeness (QED) is 0.498. The lowest BCUT2D eigenvalue weighted by Crippen LogP contribution is -1.98. The van der Waals surface area contributed by atoms with Crippen LogP contribution in [0.4, 0.5) is 4.39 Å². The van der Waals surface area contributed by atoms with Crippen molar-refractivity contribution in [3.05, 3.63) is 77.6 Å². The van der Waals surface area contributed by atoms with E-state index >= 15 is 0 Å². The summed E-state index contributed by atoms with van der Waals surface area (Å²) in [4.78, 5) is 11.9. The molecule has 0 N–H and O–H groups in total. The van der Waals surface area contributed by atoms with Crippen LogP contribution in [0.2, 0.25) is 0 Å². The fourth-order valence-corrected chi connectivity index (χ4v) is 2.11. The van der Waals surface area contributed by atoms with Gasteiger partial charge in [0.2, 0.25) is 0 Å². The summed E-state index contributed by atoms with van der Waals surface area (Å²) in [5.74, 6) is -0.223. The summed E-state index contributed by atoms with van der Waals surface area (Å²) >= 11 is 0. The second kappa shape index (κ2) is 8.15. The number of ketones is 1. The Balaban J connectivity index is 1.67. The van der Waals surface area contributed by atoms with E-state index in [9.17, 15) is 9.18 Å². The summed E-state index contributed by atoms with van der Waals surface area (Å²) in [6.45, 7) is 0. The fourth-order valence-electron chi connectivity index (χ4n) is 2.11. The molecule has 0 atom stereocenters. The summed E-state index contributed by atoms with van der Waals surface area (Å²) in [5, 5.41) is 0. The second-order valence-corrected chi connectivity index (χ2v) is 4.99. The average Bonchev–Trinajstić information content (AvgIpc) is 2.52. The molecule has 0 saturated heterocycles. The summed E-state index contributed by atoms with van der Waals surface area (Å²) < 4.78 is 12.8. The van der Waals surface area contributed by atoms with Crippen LogP contribution in [0.5, 0.6) is 0 Å². The van der Waals surface area contributed by atoms with E-state index in [1.165, 1.54) is 17.7 Å². The topological polar surface area (TPSA) is 17.1 Å². The minimum atomic E-state index is -0.308. The van der Waals surface area contributed by atoms with Crippen molar-refractivity contribution >= 4 is 11.9 Å². The zero-order valence-electron chi connectivity index (χ0n) is 12.0. The summed E-state index contributed by atoms with van der Waals surface area (Å²) in [6, 6.07) is 15.9. The highest BCUT2D eigenvalue weighted by atomic mass is 19.1. The van der Waals surface area contributed by atoms with Gasteiger partial charge in [-0.3, -0.25) is 4.79 Å². The van der Waals surface area contributed by atoms with Crippen LogP contribution in [0.3, 0.4) is 0 Å². The van der Waals surface area contributed by atoms with Crippen LogP contribution < -0.4 is 0 Å². The molecule has 1 nitrogen and oxygen atoms in total. The first-order valence-electron chi connectivity index (χ1n) is 7.26. The predicted octanol–water partition coefficient (Wildman–Crippen LogP) is 5.28. The number of benzene rings is 2. The summed E-state index contributed by atoms with van der Waals surface area (Å²) in [6.07, 6.45) is 7.56. The molecule has 0 saturated carbocycles. The zero-order valence-corrected chi connectivity index (χ0v) is 12.0. The van der Waals surface area contributed by atoms with Crippen molar-refractivity contribution in [3.8, 4) is 0 Å². The van der Waals surface area contributed by atoms with Gasteiger partial charge in [0.25, 0.3) is 0 Å². The van der Waals surface area contributed by atoms with Crippen molar-refractivity contribution in [2.24, 2.45) is 0 Å². The molecule has 2 heteroatoms. The fraction of sp³-hybridized carbons (Fsp3) is 0.211. The SMILES string of the molecule is O=C(CCCCC=Cc1ccccc1)c1ccc(F)cc1. The van der Waals surface area contributed by atoms with E-state index in [1.54, 1.807) is 12.1 Å². The molecule has 0 heterocycles. The Morgan fingerprint density at radius 2 is 1.67 bits per heavy atom. The molecule has 0 bridgehead atoms. The Bertz CT molecular complexity index is 585. The maximum absolute atomic E-state index is 12.8. The van der Waals surface area contributed by atoms with Crippen LogP contribution in [0, 0.1) is 5.82 Å². The molecule has 2 rings (SSSR count). The predicted molar refractivity (Wildman–Crippen MR) is 84.7 cm³/mol. The lowest BCUT2D eigenvalue weighted by Gasteiger charge is -2.00. The Kier molecular flexibility index (Phi) is 5.89. The molecule has 0 unspecified atom stereocenters. The molecule has 0 aliphatic carbocycles. The third kappa shape index (κ3) is 5.35. The Morgan fingerprint density at radius 3 is 2.38 bits per heavy atom. The van der Waals surface area contributed by atoms with Crippen LogP contribution in [0.25, 0.3) is 6.08 Å². The van der Waals surface area contributed by atoms with E-state index in [2.05, 4.69) is 24.3 Å². The van der Waals surface area contributed by atoms with E-state index in [4.69, 9.17) is 0 Å². The number of hydrogen-bond acceptors (Lipinski definition) is 1. The van der Waals surface area contributed by atoms with Gasteiger partial charge in [-0.2, -0.15) is 0 Å². The molecule has 0 fully saturated rings. The number of carbonyl (C=O) groups is 1. The molecule has 0 amide bonds. The molecule has 0 aromatic heterocycles. The van der Waals surface area contributed by atoms with Crippen molar-refractivity contribution < 1.29 is 9.18 Å². The molecule has 0 spiro atoms. The van der Waals surface area contributed by atoms with Gasteiger partial charge in [0.15, 0.2) is 5.78 Å². The monoisotopic (exact) mass is 282 g/mol. The number of hydrogen-bond donors (Lipinski definition) is 0. The van der Waals surface area contributed by atoms with Crippen molar-refractivity contribution in [1.29, 1.82) is 0 Å². The highest BCUT2D eigenvalue weighted by Gasteiger charge is 2.04. The lowest BCUT2D eigenvalue weighted by atomic mass is 10.0. The van der Waals surface area contributed by atoms with E-state index in [-0.39, 0.29) is 11.6 Å². The van der Waals surface area contributed by atoms with Gasteiger partial charge in [-0.1, -0.05) is 42.5 Å². The number of rotatable bonds is 7. The molecule has 0 aliphatic heterocycles. The van der Waals surface area contributed by atoms with E-state index in [0.29, 0.717) is 12.0 Å². The van der Waals surface area contributed by atoms with Gasteiger partial charge in [-0.15, -0.1) is 0 Å². The summed E-state index contributed by atoms with van der Waals surface area (Å²) in [5.41, 5.74) is 1.79. The minimum absolute atomic E-state index is 0.0852. The molecule has 2 aromatic rings. The first-order valence-corrected chi connectivity index (χ1v) is 7.26. The van der Waals surface area contributed by atoms with Crippen LogP contribution in [-0.2, 0) is 0 Å². The largest absolute Gasteiger partial charge is 0.294 e. The van der Waals surface area contributed by atoms with E-state index in [0.717, 1.165) is 19.3 Å². The number of unbranched alkanes of at least 4 members (excludes halogenated alkanes) is 2. The highest BCUT2D eigenvalue weighted by Crippen LogP contribution is 2.10. The number of halogens is 1. The Hall–Kier alpha value is -2.22. The molecular weight excluding hydrogens is 263 g/mol. The molecule has 21 heavy (non-hydrogen) atoms. The van der Waals surface area contributed by atoms with Gasteiger partial charge in [-0.05, 0) is 49.1 Å². The third-order valence-corrected chi connectivity index (χ3v) is 3.30. The maximum Gasteiger partial charge on any atom is 0.162 e. The number of carbonyl (C=O) groups excluding carboxylic acids is 1. The lowest BCUT2D eigenvalue weighted by molar-refractivity contribution is 0.0979. The van der Waals surface area contributed by atoms with Crippen molar-refractivity contribution in [2.75, 3.05) is 0 Å². The third-order valence-electron chi connectivity index (χ3n) is 3.30. The molecule has 108 valence electrons. The van der Waals surface area contributed by atoms with Crippen LogP contribution >= 0.6 is 0 Å². The van der Waals surface area contributed by atoms with Gasteiger partial charge in [-0.25, -0.2) is 4.39 Å². The molecule has 0 radical (unpaired) electrons. The van der Waals surface area contributed by atoms with E-state index in [1.807, 2.05) is 18.2 Å². The van der Waals surface area contributed by atoms with Gasteiger partial charge in [0.05, 0.1) is 0 Å². The second-order valence-electron chi connectivity index (χ2n) is 4.99. The Labute approximate surface area is 125 Å². The smallest absolute Gasteiger partial charge is 0.162 e. The maximum atomic E-state index is 12.8. The number of allylic oxidation sites excluding steroid dienone is 1. The normalized spacial score (nSPS) is 10.9. The van der Waals surface area contributed by atoms with Crippen molar-refractivity contribution in [3.63, 3.8) is 0 Å². The van der Waals surface area contributed by atoms with Crippen LogP contribution in [-0.4, -0.2) is 5.78 Å². The molecular formula is C19H19FO. The molecule has 2 aromatic carbocycles. The zero-order chi connectivity index (χ0) is 14.9. The average molecular weight is 282 g/mol. The standard InChI is InChI=1S/C19H19FO/c20-18-14-12-17(13-15-18)19(21)11-7-2-1-4-8-16-9-5-3-6-10-16/h3-6,8-10,12-15H,1-2,7,11H2. The van der Waals surface area contributed by atoms with Crippen molar-refractivity contribution in [2.45, 2.75) is 25.7 Å². The highest BCUT2D eigenvalue weighted by molar-refractivity contribution is 5.95. The minimum Gasteiger partial charge on any atom is -0.294 e. The van der Waals surface area contributed by atoms with Crippen LogP contribution in [0.15, 0.2) is 60.7 Å². The number of Topliss-reactive ketones (excluding diaryl/α,β-unsaturated/α-hetero) is 1. The van der Waals surface area contributed by atoms with Crippen molar-refractivity contribution in [1.82, 2.24) is 0 Å². The van der Waals surface area contributed by atoms with E-state index < -0.39 is 0 Å². The van der Waals surface area contributed by atoms with Crippen LogP contribution in [0.1, 0.15) is 41.6 Å². The van der Waals surface area contributed by atoms with Gasteiger partial charge in [0.1, 0.15) is 5.82 Å². The van der Waals surface area contributed by atoms with Gasteiger partial charge in [0, 0.05) is 12.0 Å². The Morgan fingerprint density at radius 1 is 0.952 bits per heavy atom.